The molecule has 0 heterocycles. The van der Waals surface area contributed by atoms with Gasteiger partial charge in [-0.25, -0.2) is 4.79 Å². The molecular formula is C24H47N7O5. The molecule has 0 aromatic heterocycles. The van der Waals surface area contributed by atoms with Crippen LogP contribution in [0.15, 0.2) is 4.99 Å². The van der Waals surface area contributed by atoms with Crippen LogP contribution in [-0.4, -0.2) is 65.5 Å². The summed E-state index contributed by atoms with van der Waals surface area (Å²) in [6, 6.07) is -3.82. The maximum Gasteiger partial charge on any atom is 0.326 e. The first-order chi connectivity index (χ1) is 16.6. The van der Waals surface area contributed by atoms with Crippen LogP contribution in [0.5, 0.6) is 0 Å². The third-order valence-electron chi connectivity index (χ3n) is 5.30. The Morgan fingerprint density at radius 2 is 1.17 bits per heavy atom. The van der Waals surface area contributed by atoms with E-state index in [2.05, 4.69) is 20.9 Å². The van der Waals surface area contributed by atoms with E-state index in [0.717, 1.165) is 0 Å². The molecule has 0 fully saturated rings. The minimum Gasteiger partial charge on any atom is -0.480 e. The van der Waals surface area contributed by atoms with Crippen molar-refractivity contribution in [3.63, 3.8) is 0 Å². The number of carboxylic acid groups (broad SMARTS) is 1. The smallest absolute Gasteiger partial charge is 0.326 e. The van der Waals surface area contributed by atoms with Crippen molar-refractivity contribution in [3.05, 3.63) is 0 Å². The minimum atomic E-state index is -1.16. The van der Waals surface area contributed by atoms with Crippen molar-refractivity contribution in [2.75, 3.05) is 6.54 Å². The zero-order valence-electron chi connectivity index (χ0n) is 22.5. The Morgan fingerprint density at radius 1 is 0.722 bits per heavy atom. The molecule has 0 aliphatic carbocycles. The van der Waals surface area contributed by atoms with Gasteiger partial charge in [0.2, 0.25) is 17.7 Å². The lowest BCUT2D eigenvalue weighted by Gasteiger charge is -2.26. The Morgan fingerprint density at radius 3 is 1.64 bits per heavy atom. The molecule has 0 saturated heterocycles. The first-order valence-corrected chi connectivity index (χ1v) is 12.6. The van der Waals surface area contributed by atoms with E-state index in [9.17, 15) is 24.3 Å². The standard InChI is InChI=1S/C24H47N7O5/c1-13(2)10-16(25)20(32)30-18(11-14(3)4)22(34)29-17(8-7-9-28-24(26)27)21(33)31-19(23(35)36)12-15(5)6/h13-19H,7-12,25H2,1-6H3,(H,29,34)(H,30,32)(H,31,33)(H,35,36)(H4,26,27,28). The zero-order chi connectivity index (χ0) is 28.0. The molecule has 0 radical (unpaired) electrons. The van der Waals surface area contributed by atoms with Crippen molar-refractivity contribution >= 4 is 29.7 Å². The fraction of sp³-hybridized carbons (Fsp3) is 0.792. The van der Waals surface area contributed by atoms with E-state index in [0.29, 0.717) is 19.3 Å². The molecule has 0 saturated carbocycles. The predicted octanol–water partition coefficient (Wildman–Crippen LogP) is 0.0446. The van der Waals surface area contributed by atoms with Crippen LogP contribution >= 0.6 is 0 Å². The maximum absolute atomic E-state index is 13.2. The van der Waals surface area contributed by atoms with Gasteiger partial charge >= 0.3 is 5.97 Å². The van der Waals surface area contributed by atoms with Crippen LogP contribution in [0, 0.1) is 17.8 Å². The van der Waals surface area contributed by atoms with Crippen molar-refractivity contribution in [2.24, 2.45) is 39.9 Å². The van der Waals surface area contributed by atoms with Crippen LogP contribution in [0.3, 0.4) is 0 Å². The van der Waals surface area contributed by atoms with Crippen LogP contribution < -0.4 is 33.2 Å². The van der Waals surface area contributed by atoms with Crippen LogP contribution in [0.1, 0.15) is 73.6 Å². The number of rotatable bonds is 17. The lowest BCUT2D eigenvalue weighted by Crippen LogP contribution is -2.57. The van der Waals surface area contributed by atoms with Gasteiger partial charge in [0.15, 0.2) is 5.96 Å². The van der Waals surface area contributed by atoms with E-state index in [1.54, 1.807) is 0 Å². The van der Waals surface area contributed by atoms with Gasteiger partial charge in [0.25, 0.3) is 0 Å². The number of guanidine groups is 1. The molecule has 0 aliphatic heterocycles. The SMILES string of the molecule is CC(C)CC(N)C(=O)NC(CC(C)C)C(=O)NC(CCCN=C(N)N)C(=O)NC(CC(C)C)C(=O)O. The second kappa shape index (κ2) is 16.7. The molecule has 12 heteroatoms. The summed E-state index contributed by atoms with van der Waals surface area (Å²) in [5.41, 5.74) is 16.7. The lowest BCUT2D eigenvalue weighted by atomic mass is 9.99. The third-order valence-corrected chi connectivity index (χ3v) is 5.30. The number of nitrogens with one attached hydrogen (secondary N) is 3. The van der Waals surface area contributed by atoms with Crippen molar-refractivity contribution in [1.29, 1.82) is 0 Å². The molecule has 0 aromatic rings. The average molecular weight is 514 g/mol. The third kappa shape index (κ3) is 14.5. The number of aliphatic imine (C=N–C) groups is 1. The van der Waals surface area contributed by atoms with Gasteiger partial charge in [0.05, 0.1) is 6.04 Å². The first-order valence-electron chi connectivity index (χ1n) is 12.6. The molecule has 0 rings (SSSR count). The highest BCUT2D eigenvalue weighted by molar-refractivity contribution is 5.94. The number of nitrogens with zero attached hydrogens (tertiary/aromatic N) is 1. The second-order valence-corrected chi connectivity index (χ2v) is 10.5. The van der Waals surface area contributed by atoms with Crippen molar-refractivity contribution in [3.8, 4) is 0 Å². The van der Waals surface area contributed by atoms with Gasteiger partial charge in [-0.15, -0.1) is 0 Å². The zero-order valence-corrected chi connectivity index (χ0v) is 22.5. The number of carbonyl (C=O) groups excluding carboxylic acids is 3. The molecule has 0 aromatic carbocycles. The predicted molar refractivity (Wildman–Crippen MR) is 140 cm³/mol. The Kier molecular flexibility index (Phi) is 15.4. The number of hydrogen-bond acceptors (Lipinski definition) is 6. The summed E-state index contributed by atoms with van der Waals surface area (Å²) < 4.78 is 0. The number of carboxylic acids is 1. The van der Waals surface area contributed by atoms with Gasteiger partial charge in [0.1, 0.15) is 18.1 Å². The molecule has 0 aliphatic rings. The summed E-state index contributed by atoms with van der Waals surface area (Å²) in [4.78, 5) is 54.3. The van der Waals surface area contributed by atoms with E-state index in [-0.39, 0.29) is 43.1 Å². The lowest BCUT2D eigenvalue weighted by molar-refractivity contribution is -0.142. The monoisotopic (exact) mass is 513 g/mol. The highest BCUT2D eigenvalue weighted by Crippen LogP contribution is 2.10. The molecule has 36 heavy (non-hydrogen) atoms. The topological polar surface area (TPSA) is 215 Å². The molecule has 10 N–H and O–H groups in total. The summed E-state index contributed by atoms with van der Waals surface area (Å²) in [7, 11) is 0. The molecule has 0 spiro atoms. The minimum absolute atomic E-state index is 0.0296. The Labute approximate surface area is 214 Å². The summed E-state index contributed by atoms with van der Waals surface area (Å²) in [5, 5.41) is 17.4. The molecule has 0 bridgehead atoms. The quantitative estimate of drug-likeness (QED) is 0.0798. The van der Waals surface area contributed by atoms with E-state index in [1.165, 1.54) is 0 Å². The highest BCUT2D eigenvalue weighted by atomic mass is 16.4. The normalized spacial score (nSPS) is 14.6. The van der Waals surface area contributed by atoms with Gasteiger partial charge in [-0.3, -0.25) is 19.4 Å². The Balaban J connectivity index is 5.64. The van der Waals surface area contributed by atoms with Crippen LogP contribution in [0.2, 0.25) is 0 Å². The summed E-state index contributed by atoms with van der Waals surface area (Å²) in [6.45, 7) is 11.6. The first kappa shape index (κ1) is 33.1. The van der Waals surface area contributed by atoms with Gasteiger partial charge in [-0.2, -0.15) is 0 Å². The van der Waals surface area contributed by atoms with Gasteiger partial charge in [-0.05, 0) is 49.9 Å². The van der Waals surface area contributed by atoms with E-state index in [1.807, 2.05) is 41.5 Å². The van der Waals surface area contributed by atoms with E-state index < -0.39 is 47.9 Å². The molecule has 4 unspecified atom stereocenters. The van der Waals surface area contributed by atoms with Crippen LogP contribution in [0.25, 0.3) is 0 Å². The fourth-order valence-corrected chi connectivity index (χ4v) is 3.61. The summed E-state index contributed by atoms with van der Waals surface area (Å²) in [5.74, 6) is -2.58. The Hall–Kier alpha value is -2.89. The summed E-state index contributed by atoms with van der Waals surface area (Å²) in [6.07, 6.45) is 1.55. The number of hydrogen-bond donors (Lipinski definition) is 7. The number of aliphatic carboxylic acids is 1. The van der Waals surface area contributed by atoms with E-state index in [4.69, 9.17) is 17.2 Å². The summed E-state index contributed by atoms with van der Waals surface area (Å²) >= 11 is 0. The molecule has 4 atom stereocenters. The Bertz CT molecular complexity index is 751. The number of nitrogens with two attached hydrogens (primary N) is 3. The van der Waals surface area contributed by atoms with Gasteiger partial charge in [-0.1, -0.05) is 41.5 Å². The molecule has 12 nitrogen and oxygen atoms in total. The number of carbonyl (C=O) groups is 4. The largest absolute Gasteiger partial charge is 0.480 e. The number of amides is 3. The molecule has 208 valence electrons. The van der Waals surface area contributed by atoms with Gasteiger partial charge < -0.3 is 38.3 Å². The van der Waals surface area contributed by atoms with Crippen molar-refractivity contribution in [1.82, 2.24) is 16.0 Å². The second-order valence-electron chi connectivity index (χ2n) is 10.5. The molecular weight excluding hydrogens is 466 g/mol. The maximum atomic E-state index is 13.2. The van der Waals surface area contributed by atoms with Crippen LogP contribution in [0.4, 0.5) is 0 Å². The average Bonchev–Trinajstić information content (AvgIpc) is 2.73. The van der Waals surface area contributed by atoms with Crippen molar-refractivity contribution < 1.29 is 24.3 Å². The van der Waals surface area contributed by atoms with Crippen LogP contribution in [-0.2, 0) is 19.2 Å². The van der Waals surface area contributed by atoms with E-state index >= 15 is 0 Å². The van der Waals surface area contributed by atoms with Gasteiger partial charge in [0, 0.05) is 6.54 Å². The van der Waals surface area contributed by atoms with Crippen molar-refractivity contribution in [2.45, 2.75) is 97.8 Å². The fourth-order valence-electron chi connectivity index (χ4n) is 3.61. The molecule has 3 amide bonds. The highest BCUT2D eigenvalue weighted by Gasteiger charge is 2.30.